The Bertz CT molecular complexity index is 358. The summed E-state index contributed by atoms with van der Waals surface area (Å²) in [5.41, 5.74) is 0.447. The number of nitro benzene ring substituents is 1. The molecular formula is C8H8N2O4. The van der Waals surface area contributed by atoms with E-state index < -0.39 is 4.92 Å². The Balaban J connectivity index is 2.99. The molecule has 1 aromatic rings. The largest absolute Gasteiger partial charge is 0.479 e. The van der Waals surface area contributed by atoms with Crippen molar-refractivity contribution in [1.29, 1.82) is 0 Å². The van der Waals surface area contributed by atoms with Gasteiger partial charge in [0.25, 0.3) is 11.6 Å². The predicted molar refractivity (Wildman–Crippen MR) is 48.4 cm³/mol. The van der Waals surface area contributed by atoms with E-state index in [0.717, 1.165) is 0 Å². The average Bonchev–Trinajstić information content (AvgIpc) is 2.20. The molecule has 0 aliphatic heterocycles. The van der Waals surface area contributed by atoms with E-state index in [1.807, 2.05) is 0 Å². The molecule has 1 aromatic carbocycles. The molecule has 0 radical (unpaired) electrons. The van der Waals surface area contributed by atoms with E-state index in [0.29, 0.717) is 5.56 Å². The Hall–Kier alpha value is -2.11. The van der Waals surface area contributed by atoms with E-state index >= 15 is 0 Å². The number of hydrogen-bond acceptors (Lipinski definition) is 5. The maximum Gasteiger partial charge on any atom is 0.269 e. The van der Waals surface area contributed by atoms with Gasteiger partial charge in [0.2, 0.25) is 0 Å². The van der Waals surface area contributed by atoms with E-state index in [1.165, 1.54) is 31.4 Å². The van der Waals surface area contributed by atoms with Crippen LogP contribution in [0.3, 0.4) is 0 Å². The summed E-state index contributed by atoms with van der Waals surface area (Å²) in [6.45, 7) is 0. The second-order valence-electron chi connectivity index (χ2n) is 2.41. The first-order valence-electron chi connectivity index (χ1n) is 3.70. The second kappa shape index (κ2) is 4.22. The van der Waals surface area contributed by atoms with Gasteiger partial charge in [-0.25, -0.2) is 0 Å². The molecule has 1 rings (SSSR count). The number of non-ortho nitro benzene ring substituents is 1. The molecule has 0 fully saturated rings. The van der Waals surface area contributed by atoms with E-state index in [1.54, 1.807) is 0 Å². The van der Waals surface area contributed by atoms with Gasteiger partial charge in [0.05, 0.1) is 12.0 Å². The Morgan fingerprint density at radius 1 is 1.50 bits per heavy atom. The van der Waals surface area contributed by atoms with E-state index in [4.69, 9.17) is 9.94 Å². The van der Waals surface area contributed by atoms with Gasteiger partial charge in [-0.1, -0.05) is 0 Å². The zero-order valence-corrected chi connectivity index (χ0v) is 7.38. The summed E-state index contributed by atoms with van der Waals surface area (Å²) in [5.74, 6) is 0.0138. The highest BCUT2D eigenvalue weighted by Gasteiger charge is 2.07. The maximum absolute atomic E-state index is 10.3. The number of oxime groups is 1. The van der Waals surface area contributed by atoms with Crippen LogP contribution in [0.15, 0.2) is 29.4 Å². The fourth-order valence-electron chi connectivity index (χ4n) is 0.942. The molecule has 0 unspecified atom stereocenters. The van der Waals surface area contributed by atoms with Crippen LogP contribution in [0.2, 0.25) is 0 Å². The van der Waals surface area contributed by atoms with Gasteiger partial charge in [-0.05, 0) is 17.3 Å². The topological polar surface area (TPSA) is 85.0 Å². The third-order valence-corrected chi connectivity index (χ3v) is 1.61. The summed E-state index contributed by atoms with van der Waals surface area (Å²) in [4.78, 5) is 9.81. The van der Waals surface area contributed by atoms with Gasteiger partial charge in [0.1, 0.15) is 0 Å². The summed E-state index contributed by atoms with van der Waals surface area (Å²) in [6, 6.07) is 5.49. The molecule has 74 valence electrons. The lowest BCUT2D eigenvalue weighted by Gasteiger charge is -2.01. The number of hydrogen-bond donors (Lipinski definition) is 1. The molecule has 6 heteroatoms. The maximum atomic E-state index is 10.3. The number of ether oxygens (including phenoxy) is 1. The van der Waals surface area contributed by atoms with Crippen molar-refractivity contribution in [3.8, 4) is 0 Å². The number of nitrogens with zero attached hydrogens (tertiary/aromatic N) is 2. The zero-order valence-electron chi connectivity index (χ0n) is 7.38. The van der Waals surface area contributed by atoms with Gasteiger partial charge < -0.3 is 9.94 Å². The van der Waals surface area contributed by atoms with Gasteiger partial charge in [0.15, 0.2) is 0 Å². The van der Waals surface area contributed by atoms with Crippen molar-refractivity contribution in [3.05, 3.63) is 39.9 Å². The molecule has 0 saturated heterocycles. The number of benzene rings is 1. The van der Waals surface area contributed by atoms with Crippen molar-refractivity contribution in [2.75, 3.05) is 7.11 Å². The zero-order chi connectivity index (χ0) is 10.6. The fraction of sp³-hybridized carbons (Fsp3) is 0.125. The normalized spacial score (nSPS) is 11.1. The van der Waals surface area contributed by atoms with Crippen molar-refractivity contribution in [1.82, 2.24) is 0 Å². The molecule has 0 aromatic heterocycles. The van der Waals surface area contributed by atoms with Crippen molar-refractivity contribution < 1.29 is 14.9 Å². The lowest BCUT2D eigenvalue weighted by molar-refractivity contribution is -0.384. The standard InChI is InChI=1S/C8H8N2O4/c1-14-8(9-11)6-2-4-7(5-3-6)10(12)13/h2-5,11H,1H3. The first-order chi connectivity index (χ1) is 6.69. The van der Waals surface area contributed by atoms with Gasteiger partial charge in [0, 0.05) is 17.7 Å². The van der Waals surface area contributed by atoms with Crippen LogP contribution in [0.1, 0.15) is 5.56 Å². The number of nitro groups is 1. The van der Waals surface area contributed by atoms with Crippen LogP contribution in [0.4, 0.5) is 5.69 Å². The fourth-order valence-corrected chi connectivity index (χ4v) is 0.942. The number of methoxy groups -OCH3 is 1. The Labute approximate surface area is 79.6 Å². The minimum absolute atomic E-state index is 0.0138. The minimum Gasteiger partial charge on any atom is -0.479 e. The summed E-state index contributed by atoms with van der Waals surface area (Å²) < 4.78 is 4.72. The first-order valence-corrected chi connectivity index (χ1v) is 3.70. The third-order valence-electron chi connectivity index (χ3n) is 1.61. The van der Waals surface area contributed by atoms with Gasteiger partial charge >= 0.3 is 0 Å². The molecule has 0 amide bonds. The Morgan fingerprint density at radius 3 is 2.43 bits per heavy atom. The van der Waals surface area contributed by atoms with Crippen LogP contribution in [-0.2, 0) is 4.74 Å². The average molecular weight is 196 g/mol. The lowest BCUT2D eigenvalue weighted by Crippen LogP contribution is -2.03. The molecule has 0 atom stereocenters. The van der Waals surface area contributed by atoms with Crippen LogP contribution in [0.25, 0.3) is 0 Å². The molecule has 6 nitrogen and oxygen atoms in total. The van der Waals surface area contributed by atoms with Crippen LogP contribution < -0.4 is 0 Å². The summed E-state index contributed by atoms with van der Waals surface area (Å²) in [5, 5.41) is 21.7. The van der Waals surface area contributed by atoms with E-state index in [-0.39, 0.29) is 11.6 Å². The Kier molecular flexibility index (Phi) is 3.01. The number of rotatable bonds is 2. The summed E-state index contributed by atoms with van der Waals surface area (Å²) >= 11 is 0. The summed E-state index contributed by atoms with van der Waals surface area (Å²) in [7, 11) is 1.34. The van der Waals surface area contributed by atoms with Crippen LogP contribution in [0.5, 0.6) is 0 Å². The van der Waals surface area contributed by atoms with Gasteiger partial charge in [-0.2, -0.15) is 0 Å². The van der Waals surface area contributed by atoms with Crippen molar-refractivity contribution in [2.24, 2.45) is 5.16 Å². The predicted octanol–water partition coefficient (Wildman–Crippen LogP) is 1.38. The molecule has 14 heavy (non-hydrogen) atoms. The molecule has 0 spiro atoms. The van der Waals surface area contributed by atoms with Crippen LogP contribution >= 0.6 is 0 Å². The molecule has 0 aliphatic carbocycles. The monoisotopic (exact) mass is 196 g/mol. The lowest BCUT2D eigenvalue weighted by atomic mass is 10.2. The summed E-state index contributed by atoms with van der Waals surface area (Å²) in [6.07, 6.45) is 0. The third kappa shape index (κ3) is 1.98. The molecule has 0 heterocycles. The van der Waals surface area contributed by atoms with E-state index in [2.05, 4.69) is 5.16 Å². The molecular weight excluding hydrogens is 188 g/mol. The van der Waals surface area contributed by atoms with Crippen molar-refractivity contribution >= 4 is 11.6 Å². The van der Waals surface area contributed by atoms with Crippen molar-refractivity contribution in [2.45, 2.75) is 0 Å². The van der Waals surface area contributed by atoms with Crippen LogP contribution in [0, 0.1) is 10.1 Å². The molecule has 0 bridgehead atoms. The highest BCUT2D eigenvalue weighted by molar-refractivity contribution is 5.93. The van der Waals surface area contributed by atoms with Crippen LogP contribution in [-0.4, -0.2) is 23.1 Å². The quantitative estimate of drug-likeness (QED) is 0.254. The highest BCUT2D eigenvalue weighted by atomic mass is 16.6. The molecule has 0 saturated carbocycles. The SMILES string of the molecule is COC(=NO)c1ccc([N+](=O)[O-])cc1. The molecule has 1 N–H and O–H groups in total. The smallest absolute Gasteiger partial charge is 0.269 e. The second-order valence-corrected chi connectivity index (χ2v) is 2.41. The first kappa shape index (κ1) is 9.97. The molecule has 0 aliphatic rings. The van der Waals surface area contributed by atoms with Gasteiger partial charge in [-0.15, -0.1) is 0 Å². The van der Waals surface area contributed by atoms with E-state index in [9.17, 15) is 10.1 Å². The highest BCUT2D eigenvalue weighted by Crippen LogP contribution is 2.12. The Morgan fingerprint density at radius 2 is 2.07 bits per heavy atom. The van der Waals surface area contributed by atoms with Gasteiger partial charge in [-0.3, -0.25) is 10.1 Å². The van der Waals surface area contributed by atoms with Crippen molar-refractivity contribution in [3.63, 3.8) is 0 Å². The minimum atomic E-state index is -0.508.